The van der Waals surface area contributed by atoms with Crippen LogP contribution in [-0.4, -0.2) is 23.1 Å². The smallest absolute Gasteiger partial charge is 0.309 e. The fourth-order valence-corrected chi connectivity index (χ4v) is 4.76. The molecule has 1 rings (SSSR count). The van der Waals surface area contributed by atoms with Gasteiger partial charge < -0.3 is 9.84 Å². The number of hydrogen-bond acceptors (Lipinski definition) is 3. The molecule has 0 amide bonds. The SMILES string of the molecule is CCCCCCCCCCCC(CCCCCCC)OC(=O)C1CCC(C(=O)O)CC1. The van der Waals surface area contributed by atoms with E-state index in [2.05, 4.69) is 13.8 Å². The van der Waals surface area contributed by atoms with E-state index in [1.807, 2.05) is 0 Å². The van der Waals surface area contributed by atoms with Gasteiger partial charge in [0.05, 0.1) is 11.8 Å². The molecule has 0 heterocycles. The van der Waals surface area contributed by atoms with Gasteiger partial charge in [-0.25, -0.2) is 0 Å². The monoisotopic (exact) mass is 438 g/mol. The molecular weight excluding hydrogens is 388 g/mol. The summed E-state index contributed by atoms with van der Waals surface area (Å²) in [7, 11) is 0. The first kappa shape index (κ1) is 28.0. The van der Waals surface area contributed by atoms with E-state index in [0.717, 1.165) is 25.7 Å². The Balaban J connectivity index is 2.30. The summed E-state index contributed by atoms with van der Waals surface area (Å²) in [6, 6.07) is 0. The van der Waals surface area contributed by atoms with Gasteiger partial charge in [-0.3, -0.25) is 9.59 Å². The van der Waals surface area contributed by atoms with Crippen LogP contribution >= 0.6 is 0 Å². The number of unbranched alkanes of at least 4 members (excludes halogenated alkanes) is 12. The van der Waals surface area contributed by atoms with E-state index in [4.69, 9.17) is 9.84 Å². The molecule has 1 N–H and O–H groups in total. The lowest BCUT2D eigenvalue weighted by Crippen LogP contribution is -2.29. The van der Waals surface area contributed by atoms with Gasteiger partial charge in [0.25, 0.3) is 0 Å². The molecular formula is C27H50O4. The summed E-state index contributed by atoms with van der Waals surface area (Å²) in [5.41, 5.74) is 0. The highest BCUT2D eigenvalue weighted by Crippen LogP contribution is 2.30. The van der Waals surface area contributed by atoms with Crippen LogP contribution < -0.4 is 0 Å². The minimum Gasteiger partial charge on any atom is -0.481 e. The number of rotatable bonds is 19. The van der Waals surface area contributed by atoms with E-state index in [1.54, 1.807) is 0 Å². The largest absolute Gasteiger partial charge is 0.481 e. The van der Waals surface area contributed by atoms with Crippen molar-refractivity contribution in [3.05, 3.63) is 0 Å². The van der Waals surface area contributed by atoms with Crippen molar-refractivity contribution < 1.29 is 19.4 Å². The van der Waals surface area contributed by atoms with Crippen LogP contribution in [0.25, 0.3) is 0 Å². The van der Waals surface area contributed by atoms with Gasteiger partial charge in [0.15, 0.2) is 0 Å². The second kappa shape index (κ2) is 18.5. The zero-order chi connectivity index (χ0) is 22.7. The van der Waals surface area contributed by atoms with Crippen LogP contribution in [0.15, 0.2) is 0 Å². The maximum absolute atomic E-state index is 12.7. The molecule has 0 spiro atoms. The zero-order valence-corrected chi connectivity index (χ0v) is 20.5. The number of carbonyl (C=O) groups is 2. The maximum Gasteiger partial charge on any atom is 0.309 e. The first-order valence-electron chi connectivity index (χ1n) is 13.5. The van der Waals surface area contributed by atoms with Crippen molar-refractivity contribution in [2.75, 3.05) is 0 Å². The molecule has 1 aliphatic rings. The molecule has 1 saturated carbocycles. The normalized spacial score (nSPS) is 19.8. The topological polar surface area (TPSA) is 63.6 Å². The van der Waals surface area contributed by atoms with Crippen molar-refractivity contribution in [1.29, 1.82) is 0 Å². The van der Waals surface area contributed by atoms with E-state index in [0.29, 0.717) is 25.7 Å². The van der Waals surface area contributed by atoms with E-state index in [9.17, 15) is 9.59 Å². The minimum atomic E-state index is -0.720. The van der Waals surface area contributed by atoms with Crippen molar-refractivity contribution in [2.45, 2.75) is 148 Å². The average Bonchev–Trinajstić information content (AvgIpc) is 2.77. The highest BCUT2D eigenvalue weighted by atomic mass is 16.5. The Kier molecular flexibility index (Phi) is 16.7. The number of carboxylic acids is 1. The Morgan fingerprint density at radius 2 is 1.06 bits per heavy atom. The molecule has 4 nitrogen and oxygen atoms in total. The standard InChI is InChI=1S/C27H50O4/c1-3-5-7-9-10-11-12-14-16-18-25(17-15-13-8-6-4-2)31-27(30)24-21-19-23(20-22-24)26(28)29/h23-25H,3-22H2,1-2H3,(H,28,29). The van der Waals surface area contributed by atoms with Gasteiger partial charge in [-0.15, -0.1) is 0 Å². The van der Waals surface area contributed by atoms with Crippen LogP contribution in [0.1, 0.15) is 142 Å². The highest BCUT2D eigenvalue weighted by Gasteiger charge is 2.31. The molecule has 4 heteroatoms. The van der Waals surface area contributed by atoms with Crippen LogP contribution in [0.2, 0.25) is 0 Å². The zero-order valence-electron chi connectivity index (χ0n) is 20.5. The third-order valence-electron chi connectivity index (χ3n) is 6.95. The third-order valence-corrected chi connectivity index (χ3v) is 6.95. The molecule has 0 aliphatic heterocycles. The first-order valence-corrected chi connectivity index (χ1v) is 13.5. The summed E-state index contributed by atoms with van der Waals surface area (Å²) in [4.78, 5) is 23.9. The van der Waals surface area contributed by atoms with Crippen molar-refractivity contribution in [2.24, 2.45) is 11.8 Å². The van der Waals surface area contributed by atoms with Crippen molar-refractivity contribution in [3.63, 3.8) is 0 Å². The molecule has 0 aromatic heterocycles. The molecule has 0 saturated heterocycles. The molecule has 0 aromatic carbocycles. The number of esters is 1. The lowest BCUT2D eigenvalue weighted by Gasteiger charge is -2.27. The Morgan fingerprint density at radius 1 is 0.677 bits per heavy atom. The molecule has 182 valence electrons. The van der Waals surface area contributed by atoms with Gasteiger partial charge >= 0.3 is 11.9 Å². The van der Waals surface area contributed by atoms with Gasteiger partial charge in [0, 0.05) is 0 Å². The summed E-state index contributed by atoms with van der Waals surface area (Å²) in [6.07, 6.45) is 22.5. The van der Waals surface area contributed by atoms with Crippen LogP contribution in [0.3, 0.4) is 0 Å². The van der Waals surface area contributed by atoms with Crippen molar-refractivity contribution in [1.82, 2.24) is 0 Å². The van der Waals surface area contributed by atoms with Crippen molar-refractivity contribution >= 4 is 11.9 Å². The Morgan fingerprint density at radius 3 is 1.48 bits per heavy atom. The van der Waals surface area contributed by atoms with Gasteiger partial charge in [0.1, 0.15) is 6.10 Å². The maximum atomic E-state index is 12.7. The molecule has 1 unspecified atom stereocenters. The Hall–Kier alpha value is -1.06. The number of aliphatic carboxylic acids is 1. The molecule has 0 bridgehead atoms. The predicted molar refractivity (Wildman–Crippen MR) is 128 cm³/mol. The van der Waals surface area contributed by atoms with E-state index in [1.165, 1.54) is 77.0 Å². The van der Waals surface area contributed by atoms with Gasteiger partial charge in [-0.1, -0.05) is 90.9 Å². The van der Waals surface area contributed by atoms with E-state index in [-0.39, 0.29) is 23.9 Å². The summed E-state index contributed by atoms with van der Waals surface area (Å²) in [5.74, 6) is -1.16. The molecule has 1 fully saturated rings. The highest BCUT2D eigenvalue weighted by molar-refractivity contribution is 5.74. The lowest BCUT2D eigenvalue weighted by molar-refractivity contribution is -0.158. The minimum absolute atomic E-state index is 0.0517. The fraction of sp³-hybridized carbons (Fsp3) is 0.926. The van der Waals surface area contributed by atoms with Gasteiger partial charge in [-0.05, 0) is 51.4 Å². The number of ether oxygens (including phenoxy) is 1. The third kappa shape index (κ3) is 13.9. The van der Waals surface area contributed by atoms with E-state index >= 15 is 0 Å². The van der Waals surface area contributed by atoms with Crippen molar-refractivity contribution in [3.8, 4) is 0 Å². The van der Waals surface area contributed by atoms with E-state index < -0.39 is 5.97 Å². The molecule has 1 atom stereocenters. The molecule has 1 aliphatic carbocycles. The molecule has 0 radical (unpaired) electrons. The van der Waals surface area contributed by atoms with Crippen LogP contribution in [0.5, 0.6) is 0 Å². The van der Waals surface area contributed by atoms with Crippen LogP contribution in [-0.2, 0) is 14.3 Å². The molecule has 31 heavy (non-hydrogen) atoms. The van der Waals surface area contributed by atoms with Gasteiger partial charge in [-0.2, -0.15) is 0 Å². The van der Waals surface area contributed by atoms with Crippen LogP contribution in [0.4, 0.5) is 0 Å². The number of hydrogen-bond donors (Lipinski definition) is 1. The second-order valence-corrected chi connectivity index (χ2v) is 9.77. The number of carboxylic acid groups (broad SMARTS) is 1. The Bertz CT molecular complexity index is 454. The predicted octanol–water partition coefficient (Wildman–Crippen LogP) is 8.07. The summed E-state index contributed by atoms with van der Waals surface area (Å²) < 4.78 is 5.98. The van der Waals surface area contributed by atoms with Gasteiger partial charge in [0.2, 0.25) is 0 Å². The summed E-state index contributed by atoms with van der Waals surface area (Å²) in [5, 5.41) is 9.16. The summed E-state index contributed by atoms with van der Waals surface area (Å²) in [6.45, 7) is 4.49. The first-order chi connectivity index (χ1) is 15.1. The fourth-order valence-electron chi connectivity index (χ4n) is 4.76. The number of carbonyl (C=O) groups excluding carboxylic acids is 1. The Labute approximate surface area is 191 Å². The average molecular weight is 439 g/mol. The molecule has 0 aromatic rings. The van der Waals surface area contributed by atoms with Crippen LogP contribution in [0, 0.1) is 11.8 Å². The quantitative estimate of drug-likeness (QED) is 0.163. The lowest BCUT2D eigenvalue weighted by atomic mass is 9.82. The summed E-state index contributed by atoms with van der Waals surface area (Å²) >= 11 is 0. The second-order valence-electron chi connectivity index (χ2n) is 9.77.